The van der Waals surface area contributed by atoms with Crippen LogP contribution in [0.3, 0.4) is 0 Å². The quantitative estimate of drug-likeness (QED) is 0.323. The molecule has 0 aromatic heterocycles. The van der Waals surface area contributed by atoms with E-state index in [1.165, 1.54) is 6.07 Å². The van der Waals surface area contributed by atoms with Crippen LogP contribution in [-0.2, 0) is 11.2 Å². The van der Waals surface area contributed by atoms with Gasteiger partial charge in [-0.1, -0.05) is 0 Å². The molecule has 10 nitrogen and oxygen atoms in total. The fourth-order valence-corrected chi connectivity index (χ4v) is 5.82. The second-order valence-corrected chi connectivity index (χ2v) is 11.3. The van der Waals surface area contributed by atoms with Gasteiger partial charge in [0.15, 0.2) is 0 Å². The Morgan fingerprint density at radius 1 is 1.19 bits per heavy atom. The standard InChI is InChI=1S/C26H32BN3O7/c1-25(2,3)29-24(36)13-9-14(30(4)5)12-7-10-6-11-8-15(31)18(23(28)35)21(27)26(11,37)22(34)16(10)20(33)17(12)19(13)32/h9-11,27,31-32,34,37H,6-8H2,1-5H3,(H2,28,35)(H,29,36)/t10-,11+,26-/m1/s1. The number of aliphatic hydroxyl groups is 3. The molecule has 0 saturated carbocycles. The van der Waals surface area contributed by atoms with Crippen LogP contribution in [0.1, 0.15) is 59.9 Å². The molecule has 1 aromatic rings. The summed E-state index contributed by atoms with van der Waals surface area (Å²) in [5.74, 6) is -5.15. The zero-order chi connectivity index (χ0) is 27.8. The molecule has 0 saturated heterocycles. The molecule has 2 amide bonds. The number of amides is 2. The average molecular weight is 509 g/mol. The van der Waals surface area contributed by atoms with Gasteiger partial charge in [-0.15, -0.1) is 0 Å². The molecule has 3 aliphatic rings. The van der Waals surface area contributed by atoms with Crippen molar-refractivity contribution in [2.45, 2.75) is 51.2 Å². The molecule has 0 radical (unpaired) electrons. The number of fused-ring (bicyclic) bond motifs is 3. The number of hydrogen-bond acceptors (Lipinski definition) is 8. The number of phenolic OH excluding ortho intramolecular Hbond substituents is 1. The van der Waals surface area contributed by atoms with Gasteiger partial charge >= 0.3 is 215 Å². The number of nitrogens with one attached hydrogen (secondary N) is 1. The third kappa shape index (κ3) is 3.92. The fourth-order valence-electron chi connectivity index (χ4n) is 5.82. The second-order valence-electron chi connectivity index (χ2n) is 11.3. The number of benzene rings is 1. The van der Waals surface area contributed by atoms with E-state index in [2.05, 4.69) is 12.8 Å². The Kier molecular flexibility index (Phi) is 6.06. The molecule has 1 aromatic carbocycles. The molecule has 0 heterocycles. The van der Waals surface area contributed by atoms with Crippen molar-refractivity contribution in [1.82, 2.24) is 5.32 Å². The Morgan fingerprint density at radius 3 is 2.35 bits per heavy atom. The Balaban J connectivity index is 1.92. The van der Waals surface area contributed by atoms with Gasteiger partial charge in [-0.05, 0) is 0 Å². The summed E-state index contributed by atoms with van der Waals surface area (Å²) in [6, 6.07) is 1.53. The third-order valence-corrected chi connectivity index (χ3v) is 7.44. The number of hydrogen-bond donors (Lipinski definition) is 6. The Labute approximate surface area is 215 Å². The van der Waals surface area contributed by atoms with Crippen LogP contribution in [0.4, 0.5) is 5.69 Å². The molecule has 11 heteroatoms. The van der Waals surface area contributed by atoms with Crippen molar-refractivity contribution in [3.63, 3.8) is 0 Å². The number of aliphatic hydroxyl groups excluding tert-OH is 2. The molecular formula is C26H32BN3O7. The molecule has 7 N–H and O–H groups in total. The van der Waals surface area contributed by atoms with E-state index in [0.717, 1.165) is 0 Å². The van der Waals surface area contributed by atoms with E-state index < -0.39 is 52.1 Å². The monoisotopic (exact) mass is 509 g/mol. The maximum absolute atomic E-state index is 13.9. The van der Waals surface area contributed by atoms with Crippen molar-refractivity contribution in [3.8, 4) is 5.75 Å². The number of ketones is 1. The Bertz CT molecular complexity index is 1340. The zero-order valence-corrected chi connectivity index (χ0v) is 21.6. The van der Waals surface area contributed by atoms with Crippen LogP contribution in [0.2, 0.25) is 0 Å². The molecule has 4 rings (SSSR count). The first-order valence-electron chi connectivity index (χ1n) is 12.0. The molecule has 37 heavy (non-hydrogen) atoms. The van der Waals surface area contributed by atoms with Crippen LogP contribution in [0, 0.1) is 11.8 Å². The van der Waals surface area contributed by atoms with Crippen LogP contribution >= 0.6 is 0 Å². The minimum atomic E-state index is -2.20. The van der Waals surface area contributed by atoms with E-state index in [9.17, 15) is 34.8 Å². The number of nitrogens with two attached hydrogens (primary N) is 1. The summed E-state index contributed by atoms with van der Waals surface area (Å²) in [5, 5.41) is 47.3. The third-order valence-electron chi connectivity index (χ3n) is 7.44. The van der Waals surface area contributed by atoms with Crippen LogP contribution in [0.15, 0.2) is 28.7 Å². The van der Waals surface area contributed by atoms with Crippen molar-refractivity contribution >= 4 is 36.2 Å². The van der Waals surface area contributed by atoms with Crippen LogP contribution < -0.4 is 16.0 Å². The second kappa shape index (κ2) is 8.48. The number of allylic oxidation sites excluding steroid dienone is 2. The number of primary amides is 1. The van der Waals surface area contributed by atoms with Gasteiger partial charge in [0.2, 0.25) is 0 Å². The molecule has 0 fully saturated rings. The molecule has 3 atom stereocenters. The number of anilines is 1. The van der Waals surface area contributed by atoms with Gasteiger partial charge in [0.05, 0.1) is 0 Å². The number of aromatic hydroxyl groups is 1. The van der Waals surface area contributed by atoms with Crippen molar-refractivity contribution in [2.75, 3.05) is 19.0 Å². The first-order valence-corrected chi connectivity index (χ1v) is 12.0. The van der Waals surface area contributed by atoms with Gasteiger partial charge in [-0.2, -0.15) is 0 Å². The van der Waals surface area contributed by atoms with Gasteiger partial charge < -0.3 is 0 Å². The maximum atomic E-state index is 13.9. The van der Waals surface area contributed by atoms with E-state index in [-0.39, 0.29) is 52.8 Å². The summed E-state index contributed by atoms with van der Waals surface area (Å²) in [4.78, 5) is 40.6. The van der Waals surface area contributed by atoms with Crippen LogP contribution in [-0.4, -0.2) is 76.2 Å². The molecule has 196 valence electrons. The number of phenols is 1. The van der Waals surface area contributed by atoms with E-state index in [1.807, 2.05) is 0 Å². The Morgan fingerprint density at radius 2 is 1.81 bits per heavy atom. The zero-order valence-electron chi connectivity index (χ0n) is 21.6. The van der Waals surface area contributed by atoms with E-state index in [1.54, 1.807) is 39.8 Å². The molecule has 0 bridgehead atoms. The number of Topliss-reactive ketones (excluding diaryl/α,β-unsaturated/α-hetero) is 1. The van der Waals surface area contributed by atoms with E-state index in [4.69, 9.17) is 5.73 Å². The van der Waals surface area contributed by atoms with Crippen LogP contribution in [0.25, 0.3) is 0 Å². The predicted octanol–water partition coefficient (Wildman–Crippen LogP) is 0.679. The summed E-state index contributed by atoms with van der Waals surface area (Å²) >= 11 is 0. The van der Waals surface area contributed by atoms with Crippen LogP contribution in [0.5, 0.6) is 5.75 Å². The van der Waals surface area contributed by atoms with Gasteiger partial charge in [0, 0.05) is 0 Å². The average Bonchev–Trinajstić information content (AvgIpc) is 2.74. The summed E-state index contributed by atoms with van der Waals surface area (Å²) in [6.45, 7) is 5.36. The van der Waals surface area contributed by atoms with Crippen molar-refractivity contribution in [2.24, 2.45) is 17.6 Å². The molecule has 0 spiro atoms. The normalized spacial score (nSPS) is 25.3. The first-order chi connectivity index (χ1) is 17.0. The topological polar surface area (TPSA) is 173 Å². The number of carbonyl (C=O) groups is 3. The molecule has 0 unspecified atom stereocenters. The predicted molar refractivity (Wildman–Crippen MR) is 140 cm³/mol. The minimum absolute atomic E-state index is 0.0948. The molecule has 3 aliphatic carbocycles. The van der Waals surface area contributed by atoms with E-state index in [0.29, 0.717) is 11.3 Å². The number of carbonyl (C=O) groups excluding carboxylic acids is 3. The number of rotatable bonds is 3. The first kappa shape index (κ1) is 26.5. The van der Waals surface area contributed by atoms with E-state index >= 15 is 0 Å². The van der Waals surface area contributed by atoms with Gasteiger partial charge in [-0.25, -0.2) is 0 Å². The summed E-state index contributed by atoms with van der Waals surface area (Å²) in [5.41, 5.74) is 2.65. The summed E-state index contributed by atoms with van der Waals surface area (Å²) in [7, 11) is 7.23. The van der Waals surface area contributed by atoms with Gasteiger partial charge in [0.25, 0.3) is 0 Å². The molecule has 0 aliphatic heterocycles. The SMILES string of the molecule is B=C1C(C(N)=O)=C(O)C[C@@H]2C[C@@H]3Cc4c(N(C)C)cc(C(=O)NC(C)(C)C)c(O)c4C(=O)C3=C(O)[C@]12O. The number of nitrogens with zero attached hydrogens (tertiary/aromatic N) is 1. The Hall–Kier alpha value is -3.60. The van der Waals surface area contributed by atoms with Crippen molar-refractivity contribution in [1.29, 1.82) is 0 Å². The fraction of sp³-hybridized carbons (Fsp3) is 0.462. The summed E-state index contributed by atoms with van der Waals surface area (Å²) < 4.78 is 0. The molecular weight excluding hydrogens is 477 g/mol. The van der Waals surface area contributed by atoms with Crippen molar-refractivity contribution in [3.05, 3.63) is 45.4 Å². The van der Waals surface area contributed by atoms with Crippen molar-refractivity contribution < 1.29 is 34.8 Å². The summed E-state index contributed by atoms with van der Waals surface area (Å²) in [6.07, 6.45) is 0.283. The van der Waals surface area contributed by atoms with Gasteiger partial charge in [0.1, 0.15) is 0 Å². The van der Waals surface area contributed by atoms with Gasteiger partial charge in [-0.3, -0.25) is 0 Å².